The number of hydrogen-bond donors (Lipinski definition) is 1. The minimum absolute atomic E-state index is 0.272. The van der Waals surface area contributed by atoms with Crippen molar-refractivity contribution in [3.8, 4) is 22.3 Å². The van der Waals surface area contributed by atoms with Crippen molar-refractivity contribution >= 4 is 75.4 Å². The lowest BCUT2D eigenvalue weighted by Gasteiger charge is -2.13. The summed E-state index contributed by atoms with van der Waals surface area (Å²) >= 11 is 37.0. The number of benzene rings is 2. The predicted octanol–water partition coefficient (Wildman–Crippen LogP) is 7.92. The van der Waals surface area contributed by atoms with Crippen LogP contribution in [0, 0.1) is 0 Å². The smallest absolute Gasteiger partial charge is 0.131 e. The van der Waals surface area contributed by atoms with Crippen molar-refractivity contribution in [2.45, 2.75) is 0 Å². The zero-order valence-corrected chi connectivity index (χ0v) is 16.8. The zero-order chi connectivity index (χ0) is 18.3. The Balaban J connectivity index is 2.25. The van der Waals surface area contributed by atoms with E-state index < -0.39 is 0 Å². The highest BCUT2D eigenvalue weighted by atomic mass is 35.5. The number of hydrogen-bond acceptors (Lipinski definition) is 2. The largest absolute Gasteiger partial charge is 0.383 e. The van der Waals surface area contributed by atoms with Gasteiger partial charge in [-0.15, -0.1) is 0 Å². The molecule has 2 nitrogen and oxygen atoms in total. The number of nitrogens with zero attached hydrogens (tertiary/aromatic N) is 1. The van der Waals surface area contributed by atoms with Crippen LogP contribution >= 0.6 is 69.6 Å². The molecule has 0 aliphatic rings. The molecule has 0 bridgehead atoms. The average molecular weight is 453 g/mol. The molecule has 2 aromatic carbocycles. The van der Waals surface area contributed by atoms with Crippen LogP contribution in [-0.4, -0.2) is 4.98 Å². The second-order valence-electron chi connectivity index (χ2n) is 5.16. The monoisotopic (exact) mass is 450 g/mol. The van der Waals surface area contributed by atoms with E-state index >= 15 is 0 Å². The van der Waals surface area contributed by atoms with Crippen LogP contribution in [0.4, 0.5) is 5.82 Å². The molecule has 0 aliphatic heterocycles. The minimum atomic E-state index is 0.272. The van der Waals surface area contributed by atoms with Crippen LogP contribution in [0.15, 0.2) is 36.5 Å². The van der Waals surface area contributed by atoms with Gasteiger partial charge >= 0.3 is 0 Å². The van der Waals surface area contributed by atoms with E-state index in [1.54, 1.807) is 36.5 Å². The molecule has 0 fully saturated rings. The third-order valence-electron chi connectivity index (χ3n) is 3.51. The number of aromatic nitrogens is 1. The number of nitrogens with two attached hydrogens (primary N) is 1. The summed E-state index contributed by atoms with van der Waals surface area (Å²) < 4.78 is 0. The number of pyridine rings is 1. The highest BCUT2D eigenvalue weighted by Crippen LogP contribution is 2.41. The molecule has 25 heavy (non-hydrogen) atoms. The SMILES string of the molecule is Nc1ncc(-c2cc(Cl)cc(Cl)c2Cl)cc1-c1cc(Cl)cc(Cl)c1Cl. The second-order valence-corrected chi connectivity index (χ2v) is 7.60. The fourth-order valence-electron chi connectivity index (χ4n) is 2.36. The molecular weight excluding hydrogens is 445 g/mol. The molecule has 0 amide bonds. The van der Waals surface area contributed by atoms with Gasteiger partial charge in [0.25, 0.3) is 0 Å². The molecule has 1 heterocycles. The van der Waals surface area contributed by atoms with Gasteiger partial charge in [0, 0.05) is 38.5 Å². The van der Waals surface area contributed by atoms with Gasteiger partial charge in [0.15, 0.2) is 0 Å². The van der Waals surface area contributed by atoms with Crippen molar-refractivity contribution in [3.05, 3.63) is 66.7 Å². The van der Waals surface area contributed by atoms with Crippen LogP contribution in [0.2, 0.25) is 30.1 Å². The van der Waals surface area contributed by atoms with Gasteiger partial charge in [-0.3, -0.25) is 0 Å². The van der Waals surface area contributed by atoms with Crippen molar-refractivity contribution in [2.24, 2.45) is 0 Å². The van der Waals surface area contributed by atoms with Gasteiger partial charge in [0.2, 0.25) is 0 Å². The van der Waals surface area contributed by atoms with Gasteiger partial charge in [-0.1, -0.05) is 69.6 Å². The zero-order valence-electron chi connectivity index (χ0n) is 12.3. The van der Waals surface area contributed by atoms with Crippen LogP contribution < -0.4 is 5.73 Å². The molecule has 0 spiro atoms. The van der Waals surface area contributed by atoms with Crippen LogP contribution in [0.5, 0.6) is 0 Å². The van der Waals surface area contributed by atoms with Crippen molar-refractivity contribution in [1.82, 2.24) is 4.98 Å². The molecule has 0 saturated carbocycles. The van der Waals surface area contributed by atoms with Crippen LogP contribution in [0.25, 0.3) is 22.3 Å². The molecule has 0 aliphatic carbocycles. The summed E-state index contributed by atoms with van der Waals surface area (Å²) in [5.74, 6) is 0.272. The van der Waals surface area contributed by atoms with Gasteiger partial charge in [0.05, 0.1) is 20.1 Å². The van der Waals surface area contributed by atoms with E-state index in [4.69, 9.17) is 75.3 Å². The summed E-state index contributed by atoms with van der Waals surface area (Å²) in [5, 5.41) is 2.22. The highest BCUT2D eigenvalue weighted by Gasteiger charge is 2.16. The summed E-state index contributed by atoms with van der Waals surface area (Å²) in [5.41, 5.74) is 8.45. The van der Waals surface area contributed by atoms with E-state index in [0.717, 1.165) is 0 Å². The Morgan fingerprint density at radius 3 is 1.76 bits per heavy atom. The molecule has 8 heteroatoms. The molecule has 0 radical (unpaired) electrons. The van der Waals surface area contributed by atoms with Gasteiger partial charge in [-0.05, 0) is 30.3 Å². The molecule has 0 unspecified atom stereocenters. The minimum Gasteiger partial charge on any atom is -0.383 e. The third-order valence-corrected chi connectivity index (χ3v) is 5.55. The molecule has 3 rings (SSSR count). The Kier molecular flexibility index (Phi) is 5.60. The van der Waals surface area contributed by atoms with Crippen molar-refractivity contribution in [1.29, 1.82) is 0 Å². The van der Waals surface area contributed by atoms with Crippen LogP contribution in [0.3, 0.4) is 0 Å². The molecule has 1 aromatic heterocycles. The topological polar surface area (TPSA) is 38.9 Å². The highest BCUT2D eigenvalue weighted by molar-refractivity contribution is 6.46. The summed E-state index contributed by atoms with van der Waals surface area (Å²) in [6, 6.07) is 8.26. The maximum absolute atomic E-state index is 6.31. The lowest BCUT2D eigenvalue weighted by Crippen LogP contribution is -1.96. The van der Waals surface area contributed by atoms with Crippen LogP contribution in [0.1, 0.15) is 0 Å². The number of anilines is 1. The molecule has 3 aromatic rings. The lowest BCUT2D eigenvalue weighted by molar-refractivity contribution is 1.33. The molecule has 128 valence electrons. The first-order valence-corrected chi connectivity index (χ1v) is 9.10. The number of rotatable bonds is 2. The van der Waals surface area contributed by atoms with E-state index in [1.165, 1.54) is 0 Å². The van der Waals surface area contributed by atoms with Gasteiger partial charge in [-0.25, -0.2) is 4.98 Å². The maximum atomic E-state index is 6.31. The normalized spacial score (nSPS) is 11.0. The Labute approximate surface area is 174 Å². The Bertz CT molecular complexity index is 987. The van der Waals surface area contributed by atoms with Gasteiger partial charge in [0.1, 0.15) is 5.82 Å². The first-order chi connectivity index (χ1) is 11.8. The van der Waals surface area contributed by atoms with Crippen molar-refractivity contribution in [2.75, 3.05) is 5.73 Å². The summed E-state index contributed by atoms with van der Waals surface area (Å²) in [7, 11) is 0. The van der Waals surface area contributed by atoms with E-state index in [1.807, 2.05) is 0 Å². The van der Waals surface area contributed by atoms with Gasteiger partial charge < -0.3 is 5.73 Å². The maximum Gasteiger partial charge on any atom is 0.131 e. The first kappa shape index (κ1) is 18.9. The van der Waals surface area contributed by atoms with E-state index in [-0.39, 0.29) is 5.82 Å². The predicted molar refractivity (Wildman–Crippen MR) is 110 cm³/mol. The summed E-state index contributed by atoms with van der Waals surface area (Å²) in [4.78, 5) is 4.22. The standard InChI is InChI=1S/C17H8Cl6N2/c18-8-2-10(15(22)13(20)4-8)7-1-12(17(24)25-6-7)11-3-9(19)5-14(21)16(11)23/h1-6H,(H2,24,25). The summed E-state index contributed by atoms with van der Waals surface area (Å²) in [6.45, 7) is 0. The van der Waals surface area contributed by atoms with Crippen molar-refractivity contribution < 1.29 is 0 Å². The molecule has 0 saturated heterocycles. The summed E-state index contributed by atoms with van der Waals surface area (Å²) in [6.07, 6.45) is 1.58. The van der Waals surface area contributed by atoms with E-state index in [2.05, 4.69) is 4.98 Å². The van der Waals surface area contributed by atoms with Crippen molar-refractivity contribution in [3.63, 3.8) is 0 Å². The van der Waals surface area contributed by atoms with Crippen LogP contribution in [-0.2, 0) is 0 Å². The molecular formula is C17H8Cl6N2. The fraction of sp³-hybridized carbons (Fsp3) is 0. The Morgan fingerprint density at radius 1 is 0.640 bits per heavy atom. The van der Waals surface area contributed by atoms with E-state index in [0.29, 0.717) is 52.4 Å². The number of nitrogen functional groups attached to an aromatic ring is 1. The Hall–Kier alpha value is -0.870. The average Bonchev–Trinajstić information content (AvgIpc) is 2.55. The molecule has 0 atom stereocenters. The lowest BCUT2D eigenvalue weighted by atomic mass is 10.0. The first-order valence-electron chi connectivity index (χ1n) is 6.83. The van der Waals surface area contributed by atoms with E-state index in [9.17, 15) is 0 Å². The Morgan fingerprint density at radius 2 is 1.16 bits per heavy atom. The molecule has 2 N–H and O–H groups in total. The van der Waals surface area contributed by atoms with Gasteiger partial charge in [-0.2, -0.15) is 0 Å². The third kappa shape index (κ3) is 3.80. The second kappa shape index (κ2) is 7.40. The number of halogens is 6. The fourth-order valence-corrected chi connectivity index (χ4v) is 3.77. The quantitative estimate of drug-likeness (QED) is 0.401.